The number of nitrogens with zero attached hydrogens (tertiary/aromatic N) is 2. The molecule has 0 aromatic heterocycles. The van der Waals surface area contributed by atoms with Crippen LogP contribution in [0.1, 0.15) is 12.5 Å². The van der Waals surface area contributed by atoms with Gasteiger partial charge in [-0.05, 0) is 30.2 Å². The van der Waals surface area contributed by atoms with Crippen LogP contribution in [0.3, 0.4) is 0 Å². The van der Waals surface area contributed by atoms with Crippen molar-refractivity contribution in [2.24, 2.45) is 0 Å². The van der Waals surface area contributed by atoms with E-state index in [1.165, 1.54) is 16.9 Å². The monoisotopic (exact) mass is 192 g/mol. The summed E-state index contributed by atoms with van der Waals surface area (Å²) in [4.78, 5) is 4.29. The Morgan fingerprint density at radius 3 is 1.57 bits per heavy atom. The Morgan fingerprint density at radius 2 is 1.29 bits per heavy atom. The lowest BCUT2D eigenvalue weighted by Gasteiger charge is -2.19. The molecule has 1 rings (SSSR count). The highest BCUT2D eigenvalue weighted by molar-refractivity contribution is 5.60. The first kappa shape index (κ1) is 10.9. The average Bonchev–Trinajstić information content (AvgIpc) is 2.16. The Kier molecular flexibility index (Phi) is 3.39. The number of hydrogen-bond acceptors (Lipinski definition) is 2. The van der Waals surface area contributed by atoms with Gasteiger partial charge in [0.2, 0.25) is 0 Å². The maximum absolute atomic E-state index is 2.24. The second-order valence-corrected chi connectivity index (χ2v) is 4.00. The summed E-state index contributed by atoms with van der Waals surface area (Å²) in [6, 6.07) is 6.69. The van der Waals surface area contributed by atoms with Crippen LogP contribution in [0.25, 0.3) is 0 Å². The van der Waals surface area contributed by atoms with Gasteiger partial charge in [0.15, 0.2) is 0 Å². The Labute approximate surface area is 87.1 Å². The molecule has 0 spiro atoms. The number of rotatable bonds is 3. The minimum atomic E-state index is 1.09. The lowest BCUT2D eigenvalue weighted by Crippen LogP contribution is -2.13. The van der Waals surface area contributed by atoms with E-state index in [1.54, 1.807) is 0 Å². The highest BCUT2D eigenvalue weighted by atomic mass is 15.1. The second-order valence-electron chi connectivity index (χ2n) is 4.00. The number of hydrogen-bond donors (Lipinski definition) is 0. The zero-order chi connectivity index (χ0) is 10.7. The van der Waals surface area contributed by atoms with Crippen molar-refractivity contribution in [3.8, 4) is 0 Å². The first-order valence-corrected chi connectivity index (χ1v) is 5.03. The Balaban J connectivity index is 3.13. The third-order valence-electron chi connectivity index (χ3n) is 2.40. The second kappa shape index (κ2) is 4.36. The molecule has 2 nitrogen and oxygen atoms in total. The molecular weight excluding hydrogens is 172 g/mol. The first-order chi connectivity index (χ1) is 6.54. The van der Waals surface area contributed by atoms with Gasteiger partial charge >= 0.3 is 0 Å². The summed E-state index contributed by atoms with van der Waals surface area (Å²) in [5.41, 5.74) is 3.93. The van der Waals surface area contributed by atoms with Gasteiger partial charge in [-0.3, -0.25) is 0 Å². The third kappa shape index (κ3) is 2.41. The molecule has 0 fully saturated rings. The van der Waals surface area contributed by atoms with Crippen LogP contribution < -0.4 is 9.80 Å². The normalized spacial score (nSPS) is 10.1. The van der Waals surface area contributed by atoms with Gasteiger partial charge in [0.1, 0.15) is 0 Å². The molecule has 0 aliphatic rings. The molecule has 0 aliphatic heterocycles. The molecule has 0 heterocycles. The lowest BCUT2D eigenvalue weighted by atomic mass is 10.1. The molecule has 1 aromatic rings. The van der Waals surface area contributed by atoms with Crippen molar-refractivity contribution in [2.75, 3.05) is 38.0 Å². The largest absolute Gasteiger partial charge is 0.378 e. The van der Waals surface area contributed by atoms with Gasteiger partial charge in [-0.15, -0.1) is 0 Å². The van der Waals surface area contributed by atoms with E-state index in [-0.39, 0.29) is 0 Å². The lowest BCUT2D eigenvalue weighted by molar-refractivity contribution is 1.07. The summed E-state index contributed by atoms with van der Waals surface area (Å²) in [5, 5.41) is 0. The van der Waals surface area contributed by atoms with E-state index in [2.05, 4.69) is 63.1 Å². The van der Waals surface area contributed by atoms with Gasteiger partial charge in [-0.1, -0.05) is 6.92 Å². The van der Waals surface area contributed by atoms with Crippen molar-refractivity contribution in [3.05, 3.63) is 23.8 Å². The maximum atomic E-state index is 2.24. The van der Waals surface area contributed by atoms with Crippen LogP contribution in [0.5, 0.6) is 0 Å². The van der Waals surface area contributed by atoms with Crippen molar-refractivity contribution < 1.29 is 0 Å². The molecule has 2 heteroatoms. The van der Waals surface area contributed by atoms with Crippen molar-refractivity contribution in [1.29, 1.82) is 0 Å². The van der Waals surface area contributed by atoms with Gasteiger partial charge in [0, 0.05) is 39.6 Å². The summed E-state index contributed by atoms with van der Waals surface area (Å²) in [6.45, 7) is 2.19. The van der Waals surface area contributed by atoms with E-state index < -0.39 is 0 Å². The van der Waals surface area contributed by atoms with E-state index in [4.69, 9.17) is 0 Å². The number of anilines is 2. The molecule has 0 radical (unpaired) electrons. The first-order valence-electron chi connectivity index (χ1n) is 5.03. The number of aryl methyl sites for hydroxylation is 1. The van der Waals surface area contributed by atoms with Crippen molar-refractivity contribution in [3.63, 3.8) is 0 Å². The average molecular weight is 192 g/mol. The van der Waals surface area contributed by atoms with E-state index in [1.807, 2.05) is 0 Å². The molecule has 1 aromatic carbocycles. The fraction of sp³-hybridized carbons (Fsp3) is 0.500. The fourth-order valence-corrected chi connectivity index (χ4v) is 1.38. The zero-order valence-electron chi connectivity index (χ0n) is 9.83. The molecule has 0 saturated heterocycles. The van der Waals surface area contributed by atoms with Crippen LogP contribution in [-0.4, -0.2) is 28.2 Å². The van der Waals surface area contributed by atoms with E-state index in [9.17, 15) is 0 Å². The molecule has 0 atom stereocenters. The predicted molar refractivity (Wildman–Crippen MR) is 64.5 cm³/mol. The molecule has 0 aliphatic carbocycles. The summed E-state index contributed by atoms with van der Waals surface area (Å²) in [5.74, 6) is 0. The van der Waals surface area contributed by atoms with Gasteiger partial charge in [-0.2, -0.15) is 0 Å². The number of benzene rings is 1. The predicted octanol–water partition coefficient (Wildman–Crippen LogP) is 2.38. The smallest absolute Gasteiger partial charge is 0.0384 e. The Bertz CT molecular complexity index is 277. The van der Waals surface area contributed by atoms with E-state index in [0.29, 0.717) is 0 Å². The molecule has 0 N–H and O–H groups in total. The SMILES string of the molecule is CCc1cc(N(C)C)cc(N(C)C)c1. The van der Waals surface area contributed by atoms with Crippen molar-refractivity contribution in [1.82, 2.24) is 0 Å². The van der Waals surface area contributed by atoms with Gasteiger partial charge < -0.3 is 9.80 Å². The third-order valence-corrected chi connectivity index (χ3v) is 2.40. The highest BCUT2D eigenvalue weighted by Crippen LogP contribution is 2.23. The molecule has 0 amide bonds. The standard InChI is InChI=1S/C12H20N2/c1-6-10-7-11(13(2)3)9-12(8-10)14(4)5/h7-9H,6H2,1-5H3. The zero-order valence-corrected chi connectivity index (χ0v) is 9.83. The summed E-state index contributed by atoms with van der Waals surface area (Å²) >= 11 is 0. The Hall–Kier alpha value is -1.18. The fourth-order valence-electron chi connectivity index (χ4n) is 1.38. The maximum Gasteiger partial charge on any atom is 0.0384 e. The van der Waals surface area contributed by atoms with Crippen LogP contribution >= 0.6 is 0 Å². The summed E-state index contributed by atoms with van der Waals surface area (Å²) in [7, 11) is 8.31. The quantitative estimate of drug-likeness (QED) is 0.725. The molecular formula is C12H20N2. The summed E-state index contributed by atoms with van der Waals surface area (Å²) in [6.07, 6.45) is 1.09. The molecule has 0 bridgehead atoms. The van der Waals surface area contributed by atoms with Crippen LogP contribution in [0, 0.1) is 0 Å². The minimum Gasteiger partial charge on any atom is -0.378 e. The van der Waals surface area contributed by atoms with Gasteiger partial charge in [0.05, 0.1) is 0 Å². The Morgan fingerprint density at radius 1 is 0.857 bits per heavy atom. The van der Waals surface area contributed by atoms with Crippen LogP contribution in [0.15, 0.2) is 18.2 Å². The summed E-state index contributed by atoms with van der Waals surface area (Å²) < 4.78 is 0. The topological polar surface area (TPSA) is 6.48 Å². The van der Waals surface area contributed by atoms with Crippen molar-refractivity contribution in [2.45, 2.75) is 13.3 Å². The van der Waals surface area contributed by atoms with Gasteiger partial charge in [-0.25, -0.2) is 0 Å². The molecule has 0 saturated carbocycles. The van der Waals surface area contributed by atoms with Crippen molar-refractivity contribution >= 4 is 11.4 Å². The molecule has 78 valence electrons. The molecule has 14 heavy (non-hydrogen) atoms. The van der Waals surface area contributed by atoms with E-state index >= 15 is 0 Å². The highest BCUT2D eigenvalue weighted by Gasteiger charge is 2.02. The molecule has 0 unspecified atom stereocenters. The van der Waals surface area contributed by atoms with E-state index in [0.717, 1.165) is 6.42 Å². The minimum absolute atomic E-state index is 1.09. The van der Waals surface area contributed by atoms with Gasteiger partial charge in [0.25, 0.3) is 0 Å². The van der Waals surface area contributed by atoms with Crippen LogP contribution in [0.4, 0.5) is 11.4 Å². The van der Waals surface area contributed by atoms with Crippen LogP contribution in [-0.2, 0) is 6.42 Å². The van der Waals surface area contributed by atoms with Crippen LogP contribution in [0.2, 0.25) is 0 Å².